The van der Waals surface area contributed by atoms with Crippen molar-refractivity contribution in [1.82, 2.24) is 25.3 Å². The molecule has 1 saturated heterocycles. The van der Waals surface area contributed by atoms with Crippen molar-refractivity contribution in [2.75, 3.05) is 45.9 Å². The molecule has 0 spiro atoms. The van der Waals surface area contributed by atoms with E-state index >= 15 is 0 Å². The summed E-state index contributed by atoms with van der Waals surface area (Å²) in [5, 5.41) is 12.0. The molecule has 0 bridgehead atoms. The fourth-order valence-corrected chi connectivity index (χ4v) is 4.06. The molecule has 1 unspecified atom stereocenters. The number of ether oxygens (including phenoxy) is 1. The number of nitrogens with one attached hydrogen (secondary N) is 2. The summed E-state index contributed by atoms with van der Waals surface area (Å²) in [6, 6.07) is 5.85. The number of aryl methyl sites for hydroxylation is 2. The molecule has 1 fully saturated rings. The van der Waals surface area contributed by atoms with Crippen molar-refractivity contribution < 1.29 is 14.3 Å². The first-order valence-corrected chi connectivity index (χ1v) is 10.3. The number of amides is 2. The molecule has 2 N–H and O–H groups in total. The zero-order valence-corrected chi connectivity index (χ0v) is 17.1. The highest BCUT2D eigenvalue weighted by molar-refractivity contribution is 7.10. The van der Waals surface area contributed by atoms with Crippen LogP contribution in [0, 0.1) is 13.8 Å². The third kappa shape index (κ3) is 5.40. The molecular weight excluding hydrogens is 378 g/mol. The fraction of sp³-hybridized carbons (Fsp3) is 0.526. The standard InChI is InChI=1S/C19H27N5O3S/c1-14-12-15(2)24(22-14)16(17-4-3-11-28-17)13-21-19(26)18(25)20-5-6-23-7-9-27-10-8-23/h3-4,11-12,16H,5-10,13H2,1-2H3,(H,20,25)(H,21,26). The number of morpholine rings is 1. The molecule has 2 aromatic rings. The lowest BCUT2D eigenvalue weighted by molar-refractivity contribution is -0.139. The first-order chi connectivity index (χ1) is 13.5. The van der Waals surface area contributed by atoms with Gasteiger partial charge in [-0.3, -0.25) is 19.2 Å². The molecule has 2 aromatic heterocycles. The molecular formula is C19H27N5O3S. The van der Waals surface area contributed by atoms with Crippen LogP contribution in [0.3, 0.4) is 0 Å². The number of thiophene rings is 1. The van der Waals surface area contributed by atoms with Crippen molar-refractivity contribution in [2.45, 2.75) is 19.9 Å². The van der Waals surface area contributed by atoms with Gasteiger partial charge in [-0.2, -0.15) is 5.10 Å². The minimum atomic E-state index is -0.620. The molecule has 0 aliphatic carbocycles. The maximum atomic E-state index is 12.2. The van der Waals surface area contributed by atoms with Gasteiger partial charge in [0.05, 0.1) is 18.9 Å². The van der Waals surface area contributed by atoms with Gasteiger partial charge in [-0.15, -0.1) is 11.3 Å². The number of hydrogen-bond acceptors (Lipinski definition) is 6. The Morgan fingerprint density at radius 2 is 2.00 bits per heavy atom. The molecule has 1 aliphatic heterocycles. The van der Waals surface area contributed by atoms with Crippen LogP contribution in [0.15, 0.2) is 23.6 Å². The van der Waals surface area contributed by atoms with E-state index in [1.54, 1.807) is 11.3 Å². The lowest BCUT2D eigenvalue weighted by atomic mass is 10.2. The van der Waals surface area contributed by atoms with Crippen LogP contribution in [0.25, 0.3) is 0 Å². The average Bonchev–Trinajstić information content (AvgIpc) is 3.33. The fourth-order valence-electron chi connectivity index (χ4n) is 3.25. The van der Waals surface area contributed by atoms with Crippen LogP contribution in [-0.4, -0.2) is 72.4 Å². The zero-order valence-electron chi connectivity index (χ0n) is 16.3. The van der Waals surface area contributed by atoms with Crippen LogP contribution in [-0.2, 0) is 14.3 Å². The summed E-state index contributed by atoms with van der Waals surface area (Å²) in [6.07, 6.45) is 0. The summed E-state index contributed by atoms with van der Waals surface area (Å²) in [5.74, 6) is -1.23. The van der Waals surface area contributed by atoms with Crippen molar-refractivity contribution in [2.24, 2.45) is 0 Å². The second-order valence-corrected chi connectivity index (χ2v) is 7.80. The Bertz CT molecular complexity index is 784. The molecule has 0 radical (unpaired) electrons. The summed E-state index contributed by atoms with van der Waals surface area (Å²) in [5.41, 5.74) is 1.94. The van der Waals surface area contributed by atoms with E-state index in [0.717, 1.165) is 29.4 Å². The summed E-state index contributed by atoms with van der Waals surface area (Å²) in [4.78, 5) is 27.6. The predicted octanol–water partition coefficient (Wildman–Crippen LogP) is 0.715. The van der Waals surface area contributed by atoms with Gasteiger partial charge >= 0.3 is 11.8 Å². The van der Waals surface area contributed by atoms with E-state index in [4.69, 9.17) is 4.74 Å². The van der Waals surface area contributed by atoms with Gasteiger partial charge in [0, 0.05) is 43.3 Å². The van der Waals surface area contributed by atoms with Crippen molar-refractivity contribution in [3.8, 4) is 0 Å². The molecule has 0 saturated carbocycles. The number of hydrogen-bond donors (Lipinski definition) is 2. The highest BCUT2D eigenvalue weighted by Crippen LogP contribution is 2.24. The predicted molar refractivity (Wildman–Crippen MR) is 107 cm³/mol. The Kier molecular flexibility index (Phi) is 7.18. The highest BCUT2D eigenvalue weighted by Gasteiger charge is 2.21. The second-order valence-electron chi connectivity index (χ2n) is 6.82. The van der Waals surface area contributed by atoms with Crippen LogP contribution in [0.4, 0.5) is 0 Å². The normalized spacial score (nSPS) is 15.9. The number of nitrogens with zero attached hydrogens (tertiary/aromatic N) is 3. The van der Waals surface area contributed by atoms with E-state index in [1.165, 1.54) is 0 Å². The number of carbonyl (C=O) groups excluding carboxylic acids is 2. The van der Waals surface area contributed by atoms with Gasteiger partial charge in [-0.1, -0.05) is 6.07 Å². The first kappa shape index (κ1) is 20.5. The Morgan fingerprint density at radius 1 is 1.25 bits per heavy atom. The maximum Gasteiger partial charge on any atom is 0.309 e. The van der Waals surface area contributed by atoms with Crippen LogP contribution >= 0.6 is 11.3 Å². The van der Waals surface area contributed by atoms with Gasteiger partial charge in [0.1, 0.15) is 6.04 Å². The number of aromatic nitrogens is 2. The maximum absolute atomic E-state index is 12.2. The van der Waals surface area contributed by atoms with E-state index in [-0.39, 0.29) is 6.04 Å². The lowest BCUT2D eigenvalue weighted by Gasteiger charge is -2.26. The molecule has 3 rings (SSSR count). The Morgan fingerprint density at radius 3 is 2.64 bits per heavy atom. The van der Waals surface area contributed by atoms with Gasteiger partial charge in [0.2, 0.25) is 0 Å². The molecule has 9 heteroatoms. The lowest BCUT2D eigenvalue weighted by Crippen LogP contribution is -2.46. The van der Waals surface area contributed by atoms with E-state index in [9.17, 15) is 9.59 Å². The smallest absolute Gasteiger partial charge is 0.309 e. The quantitative estimate of drug-likeness (QED) is 0.663. The zero-order chi connectivity index (χ0) is 19.9. The van der Waals surface area contributed by atoms with Crippen LogP contribution < -0.4 is 10.6 Å². The Labute approximate surface area is 168 Å². The molecule has 1 aliphatic rings. The van der Waals surface area contributed by atoms with Crippen LogP contribution in [0.5, 0.6) is 0 Å². The number of rotatable bonds is 7. The summed E-state index contributed by atoms with van der Waals surface area (Å²) < 4.78 is 7.20. The van der Waals surface area contributed by atoms with E-state index in [2.05, 4.69) is 20.6 Å². The monoisotopic (exact) mass is 405 g/mol. The van der Waals surface area contributed by atoms with Gasteiger partial charge in [-0.05, 0) is 31.4 Å². The minimum absolute atomic E-state index is 0.140. The van der Waals surface area contributed by atoms with E-state index in [1.807, 2.05) is 42.1 Å². The van der Waals surface area contributed by atoms with Gasteiger partial charge < -0.3 is 15.4 Å². The van der Waals surface area contributed by atoms with Crippen LogP contribution in [0.1, 0.15) is 22.3 Å². The SMILES string of the molecule is Cc1cc(C)n(C(CNC(=O)C(=O)NCCN2CCOCC2)c2cccs2)n1. The molecule has 2 amide bonds. The molecule has 1 atom stereocenters. The molecule has 8 nitrogen and oxygen atoms in total. The van der Waals surface area contributed by atoms with Crippen LogP contribution in [0.2, 0.25) is 0 Å². The Balaban J connectivity index is 1.51. The Hall–Kier alpha value is -2.23. The molecule has 28 heavy (non-hydrogen) atoms. The summed E-state index contributed by atoms with van der Waals surface area (Å²) >= 11 is 1.61. The number of carbonyl (C=O) groups is 2. The average molecular weight is 406 g/mol. The molecule has 0 aromatic carbocycles. The molecule has 3 heterocycles. The summed E-state index contributed by atoms with van der Waals surface area (Å²) in [7, 11) is 0. The van der Waals surface area contributed by atoms with Gasteiger partial charge in [0.25, 0.3) is 0 Å². The largest absolute Gasteiger partial charge is 0.379 e. The van der Waals surface area contributed by atoms with Gasteiger partial charge in [-0.25, -0.2) is 0 Å². The van der Waals surface area contributed by atoms with Crippen molar-refractivity contribution in [3.05, 3.63) is 39.8 Å². The third-order valence-electron chi connectivity index (χ3n) is 4.69. The van der Waals surface area contributed by atoms with Gasteiger partial charge in [0.15, 0.2) is 0 Å². The third-order valence-corrected chi connectivity index (χ3v) is 5.66. The first-order valence-electron chi connectivity index (χ1n) is 9.47. The topological polar surface area (TPSA) is 88.5 Å². The second kappa shape index (κ2) is 9.81. The molecule has 152 valence electrons. The van der Waals surface area contributed by atoms with Crippen molar-refractivity contribution in [3.63, 3.8) is 0 Å². The van der Waals surface area contributed by atoms with Crippen molar-refractivity contribution in [1.29, 1.82) is 0 Å². The van der Waals surface area contributed by atoms with Crippen molar-refractivity contribution >= 4 is 23.2 Å². The van der Waals surface area contributed by atoms with E-state index in [0.29, 0.717) is 32.8 Å². The highest BCUT2D eigenvalue weighted by atomic mass is 32.1. The minimum Gasteiger partial charge on any atom is -0.379 e. The van der Waals surface area contributed by atoms with E-state index < -0.39 is 11.8 Å². The summed E-state index contributed by atoms with van der Waals surface area (Å²) in [6.45, 7) is 8.52.